The van der Waals surface area contributed by atoms with Crippen LogP contribution in [-0.2, 0) is 9.47 Å². The van der Waals surface area contributed by atoms with E-state index in [4.69, 9.17) is 14.7 Å². The summed E-state index contributed by atoms with van der Waals surface area (Å²) in [4.78, 5) is 0. The third kappa shape index (κ3) is 4.05. The van der Waals surface area contributed by atoms with Crippen LogP contribution in [0.4, 0.5) is 0 Å². The smallest absolute Gasteiger partial charge is 0.106 e. The maximum absolute atomic E-state index is 8.77. The Bertz CT molecular complexity index is 413. The molecule has 102 valence electrons. The molecule has 0 amide bonds. The van der Waals surface area contributed by atoms with Gasteiger partial charge in [-0.15, -0.1) is 0 Å². The molecule has 2 atom stereocenters. The highest BCUT2D eigenvalue weighted by Crippen LogP contribution is 2.24. The second-order valence-electron chi connectivity index (χ2n) is 5.01. The fourth-order valence-electron chi connectivity index (χ4n) is 2.30. The maximum atomic E-state index is 8.77. The lowest BCUT2D eigenvalue weighted by molar-refractivity contribution is -0.137. The van der Waals surface area contributed by atoms with Crippen molar-refractivity contribution in [2.24, 2.45) is 0 Å². The summed E-state index contributed by atoms with van der Waals surface area (Å²) in [5.41, 5.74) is 1.77. The maximum Gasteiger partial charge on any atom is 0.106 e. The van der Waals surface area contributed by atoms with Crippen LogP contribution in [0.3, 0.4) is 0 Å². The van der Waals surface area contributed by atoms with Crippen LogP contribution >= 0.6 is 0 Å². The molecule has 3 heteroatoms. The van der Waals surface area contributed by atoms with Gasteiger partial charge < -0.3 is 9.47 Å². The van der Waals surface area contributed by atoms with Crippen molar-refractivity contribution in [1.82, 2.24) is 0 Å². The molecule has 0 saturated carbocycles. The number of benzene rings is 1. The van der Waals surface area contributed by atoms with Gasteiger partial charge in [-0.25, -0.2) is 0 Å². The molecule has 1 aliphatic heterocycles. The van der Waals surface area contributed by atoms with Gasteiger partial charge in [-0.2, -0.15) is 5.26 Å². The largest absolute Gasteiger partial charge is 0.373 e. The lowest BCUT2D eigenvalue weighted by atomic mass is 10.1. The fourth-order valence-corrected chi connectivity index (χ4v) is 2.30. The zero-order valence-electron chi connectivity index (χ0n) is 11.5. The molecule has 19 heavy (non-hydrogen) atoms. The molecule has 0 radical (unpaired) electrons. The van der Waals surface area contributed by atoms with E-state index in [-0.39, 0.29) is 12.2 Å². The predicted octanol–water partition coefficient (Wildman–Crippen LogP) is 3.60. The summed E-state index contributed by atoms with van der Waals surface area (Å²) in [6.07, 6.45) is 5.07. The second-order valence-corrected chi connectivity index (χ2v) is 5.01. The quantitative estimate of drug-likeness (QED) is 0.759. The van der Waals surface area contributed by atoms with Crippen molar-refractivity contribution >= 4 is 0 Å². The predicted molar refractivity (Wildman–Crippen MR) is 73.7 cm³/mol. The first kappa shape index (κ1) is 14.0. The molecule has 0 bridgehead atoms. The van der Waals surface area contributed by atoms with Crippen LogP contribution in [0.15, 0.2) is 24.3 Å². The molecule has 0 aliphatic carbocycles. The molecule has 1 aromatic carbocycles. The highest BCUT2D eigenvalue weighted by molar-refractivity contribution is 5.32. The third-order valence-corrected chi connectivity index (χ3v) is 3.51. The Morgan fingerprint density at radius 1 is 1.16 bits per heavy atom. The van der Waals surface area contributed by atoms with Gasteiger partial charge in [-0.05, 0) is 24.1 Å². The van der Waals surface area contributed by atoms with Crippen LogP contribution in [0.1, 0.15) is 49.8 Å². The van der Waals surface area contributed by atoms with Gasteiger partial charge in [-0.3, -0.25) is 0 Å². The zero-order valence-corrected chi connectivity index (χ0v) is 11.5. The SMILES string of the molecule is CCCCC[C@H]1CO[C@H](c2ccc(C#N)cc2)CO1. The topological polar surface area (TPSA) is 42.2 Å². The van der Waals surface area contributed by atoms with Gasteiger partial charge in [-0.1, -0.05) is 38.3 Å². The van der Waals surface area contributed by atoms with Crippen LogP contribution in [-0.4, -0.2) is 19.3 Å². The molecule has 1 aliphatic rings. The van der Waals surface area contributed by atoms with Gasteiger partial charge in [0.15, 0.2) is 0 Å². The van der Waals surface area contributed by atoms with Gasteiger partial charge in [0, 0.05) is 0 Å². The van der Waals surface area contributed by atoms with E-state index >= 15 is 0 Å². The van der Waals surface area contributed by atoms with Crippen molar-refractivity contribution in [2.45, 2.75) is 44.8 Å². The molecular weight excluding hydrogens is 238 g/mol. The lowest BCUT2D eigenvalue weighted by Gasteiger charge is -2.29. The Hall–Kier alpha value is -1.37. The molecule has 0 N–H and O–H groups in total. The van der Waals surface area contributed by atoms with E-state index in [1.807, 2.05) is 24.3 Å². The molecule has 2 rings (SSSR count). The van der Waals surface area contributed by atoms with Crippen LogP contribution < -0.4 is 0 Å². The van der Waals surface area contributed by atoms with Crippen molar-refractivity contribution < 1.29 is 9.47 Å². The Balaban J connectivity index is 1.80. The van der Waals surface area contributed by atoms with E-state index in [2.05, 4.69) is 13.0 Å². The Labute approximate surface area is 115 Å². The van der Waals surface area contributed by atoms with Gasteiger partial charge >= 0.3 is 0 Å². The van der Waals surface area contributed by atoms with Crippen LogP contribution in [0.2, 0.25) is 0 Å². The van der Waals surface area contributed by atoms with Gasteiger partial charge in [0.1, 0.15) is 6.10 Å². The standard InChI is InChI=1S/C16H21NO2/c1-2-3-4-5-15-11-19-16(12-18-15)14-8-6-13(10-17)7-9-14/h6-9,15-16H,2-5,11-12H2,1H3/t15-,16-/m0/s1. The summed E-state index contributed by atoms with van der Waals surface area (Å²) in [5, 5.41) is 8.77. The van der Waals surface area contributed by atoms with Crippen molar-refractivity contribution in [3.63, 3.8) is 0 Å². The first-order valence-electron chi connectivity index (χ1n) is 7.06. The summed E-state index contributed by atoms with van der Waals surface area (Å²) >= 11 is 0. The first-order chi connectivity index (χ1) is 9.33. The van der Waals surface area contributed by atoms with Crippen molar-refractivity contribution in [3.8, 4) is 6.07 Å². The molecule has 3 nitrogen and oxygen atoms in total. The van der Waals surface area contributed by atoms with E-state index in [1.165, 1.54) is 19.3 Å². The van der Waals surface area contributed by atoms with Gasteiger partial charge in [0.2, 0.25) is 0 Å². The normalized spacial score (nSPS) is 22.9. The average Bonchev–Trinajstić information content (AvgIpc) is 2.48. The summed E-state index contributed by atoms with van der Waals surface area (Å²) in [7, 11) is 0. The molecule has 1 saturated heterocycles. The molecule has 1 aromatic rings. The van der Waals surface area contributed by atoms with Crippen LogP contribution in [0, 0.1) is 11.3 Å². The van der Waals surface area contributed by atoms with Crippen LogP contribution in [0.25, 0.3) is 0 Å². The van der Waals surface area contributed by atoms with E-state index in [0.29, 0.717) is 18.8 Å². The Morgan fingerprint density at radius 3 is 2.53 bits per heavy atom. The Morgan fingerprint density at radius 2 is 1.95 bits per heavy atom. The molecular formula is C16H21NO2. The summed E-state index contributed by atoms with van der Waals surface area (Å²) in [6.45, 7) is 3.50. The number of ether oxygens (including phenoxy) is 2. The fraction of sp³-hybridized carbons (Fsp3) is 0.562. The molecule has 0 spiro atoms. The average molecular weight is 259 g/mol. The molecule has 1 fully saturated rings. The van der Waals surface area contributed by atoms with Crippen LogP contribution in [0.5, 0.6) is 0 Å². The van der Waals surface area contributed by atoms with Gasteiger partial charge in [0.05, 0.1) is 31.0 Å². The Kier molecular flexibility index (Phi) is 5.38. The number of nitriles is 1. The minimum absolute atomic E-state index is 0.00941. The number of hydrogen-bond acceptors (Lipinski definition) is 3. The van der Waals surface area contributed by atoms with Crippen molar-refractivity contribution in [3.05, 3.63) is 35.4 Å². The van der Waals surface area contributed by atoms with Crippen molar-refractivity contribution in [2.75, 3.05) is 13.2 Å². The molecule has 0 unspecified atom stereocenters. The monoisotopic (exact) mass is 259 g/mol. The van der Waals surface area contributed by atoms with Crippen molar-refractivity contribution in [1.29, 1.82) is 5.26 Å². The number of rotatable bonds is 5. The highest BCUT2D eigenvalue weighted by atomic mass is 16.6. The van der Waals surface area contributed by atoms with E-state index < -0.39 is 0 Å². The molecule has 0 aromatic heterocycles. The first-order valence-corrected chi connectivity index (χ1v) is 7.06. The van der Waals surface area contributed by atoms with E-state index in [9.17, 15) is 0 Å². The summed E-state index contributed by atoms with van der Waals surface area (Å²) in [6, 6.07) is 9.67. The van der Waals surface area contributed by atoms with E-state index in [1.54, 1.807) is 0 Å². The second kappa shape index (κ2) is 7.28. The summed E-state index contributed by atoms with van der Waals surface area (Å²) < 4.78 is 11.7. The minimum atomic E-state index is 0.00941. The number of hydrogen-bond donors (Lipinski definition) is 0. The number of nitrogens with zero attached hydrogens (tertiary/aromatic N) is 1. The number of unbranched alkanes of at least 4 members (excludes halogenated alkanes) is 2. The third-order valence-electron chi connectivity index (χ3n) is 3.51. The minimum Gasteiger partial charge on any atom is -0.373 e. The lowest BCUT2D eigenvalue weighted by Crippen LogP contribution is -2.31. The van der Waals surface area contributed by atoms with Gasteiger partial charge in [0.25, 0.3) is 0 Å². The summed E-state index contributed by atoms with van der Waals surface area (Å²) in [5.74, 6) is 0. The van der Waals surface area contributed by atoms with E-state index in [0.717, 1.165) is 12.0 Å². The molecule has 1 heterocycles. The highest BCUT2D eigenvalue weighted by Gasteiger charge is 2.23. The zero-order chi connectivity index (χ0) is 13.5.